The molecular weight excluding hydrogens is 314 g/mol. The van der Waals surface area contributed by atoms with Gasteiger partial charge in [-0.05, 0) is 49.9 Å². The van der Waals surface area contributed by atoms with Crippen LogP contribution in [0.4, 0.5) is 0 Å². The Hall–Kier alpha value is -2.23. The lowest BCUT2D eigenvalue weighted by molar-refractivity contribution is 0.0901. The fourth-order valence-electron chi connectivity index (χ4n) is 3.43. The second kappa shape index (κ2) is 8.24. The van der Waals surface area contributed by atoms with E-state index in [1.807, 2.05) is 38.1 Å². The number of furan rings is 1. The average molecular weight is 341 g/mol. The van der Waals surface area contributed by atoms with Gasteiger partial charge in [-0.3, -0.25) is 4.79 Å². The van der Waals surface area contributed by atoms with Gasteiger partial charge in [-0.2, -0.15) is 0 Å². The average Bonchev–Trinajstić information content (AvgIpc) is 2.92. The van der Waals surface area contributed by atoms with Crippen LogP contribution in [0.25, 0.3) is 0 Å². The van der Waals surface area contributed by atoms with Gasteiger partial charge >= 0.3 is 0 Å². The topological polar surface area (TPSA) is 51.5 Å². The number of aryl methyl sites for hydroxylation is 2. The number of para-hydroxylation sites is 1. The summed E-state index contributed by atoms with van der Waals surface area (Å²) >= 11 is 0. The van der Waals surface area contributed by atoms with Crippen LogP contribution in [0.15, 0.2) is 34.7 Å². The van der Waals surface area contributed by atoms with Crippen LogP contribution in [-0.4, -0.2) is 11.9 Å². The summed E-state index contributed by atoms with van der Waals surface area (Å²) in [5, 5.41) is 3.11. The molecule has 1 aliphatic rings. The Morgan fingerprint density at radius 2 is 1.76 bits per heavy atom. The largest absolute Gasteiger partial charge is 0.485 e. The van der Waals surface area contributed by atoms with Crippen molar-refractivity contribution in [2.75, 3.05) is 0 Å². The molecule has 25 heavy (non-hydrogen) atoms. The van der Waals surface area contributed by atoms with Gasteiger partial charge in [-0.1, -0.05) is 43.9 Å². The van der Waals surface area contributed by atoms with Gasteiger partial charge in [0.2, 0.25) is 0 Å². The maximum Gasteiger partial charge on any atom is 0.287 e. The summed E-state index contributed by atoms with van der Waals surface area (Å²) in [6.07, 6.45) is 7.06. The Bertz CT molecular complexity index is 691. The van der Waals surface area contributed by atoms with Crippen molar-refractivity contribution in [2.45, 2.75) is 65.0 Å². The molecule has 0 atom stereocenters. The van der Waals surface area contributed by atoms with Crippen LogP contribution < -0.4 is 10.1 Å². The minimum atomic E-state index is -0.120. The number of hydrogen-bond acceptors (Lipinski definition) is 3. The first-order valence-corrected chi connectivity index (χ1v) is 9.22. The van der Waals surface area contributed by atoms with Gasteiger partial charge in [-0.15, -0.1) is 0 Å². The van der Waals surface area contributed by atoms with Crippen LogP contribution in [0.5, 0.6) is 5.75 Å². The second-order valence-electron chi connectivity index (χ2n) is 6.94. The zero-order chi connectivity index (χ0) is 17.6. The zero-order valence-corrected chi connectivity index (χ0v) is 15.1. The summed E-state index contributed by atoms with van der Waals surface area (Å²) in [5.74, 6) is 1.78. The third-order valence-corrected chi connectivity index (χ3v) is 4.84. The lowest BCUT2D eigenvalue weighted by atomic mass is 10.1. The van der Waals surface area contributed by atoms with Crippen molar-refractivity contribution >= 4 is 5.91 Å². The molecule has 1 amide bonds. The number of hydrogen-bond donors (Lipinski definition) is 1. The number of carbonyl (C=O) groups is 1. The first kappa shape index (κ1) is 17.6. The van der Waals surface area contributed by atoms with E-state index in [-0.39, 0.29) is 11.9 Å². The molecule has 4 heteroatoms. The van der Waals surface area contributed by atoms with Crippen molar-refractivity contribution in [3.63, 3.8) is 0 Å². The molecule has 2 aromatic rings. The maximum atomic E-state index is 12.4. The molecule has 1 heterocycles. The van der Waals surface area contributed by atoms with E-state index in [2.05, 4.69) is 5.32 Å². The van der Waals surface area contributed by atoms with Gasteiger partial charge in [0.05, 0.1) is 0 Å². The fourth-order valence-corrected chi connectivity index (χ4v) is 3.43. The van der Waals surface area contributed by atoms with Crippen LogP contribution in [0.2, 0.25) is 0 Å². The summed E-state index contributed by atoms with van der Waals surface area (Å²) in [5.41, 5.74) is 2.19. The number of ether oxygens (including phenoxy) is 1. The second-order valence-corrected chi connectivity index (χ2v) is 6.94. The fraction of sp³-hybridized carbons (Fsp3) is 0.476. The van der Waals surface area contributed by atoms with Crippen LogP contribution in [-0.2, 0) is 6.61 Å². The van der Waals surface area contributed by atoms with E-state index in [1.165, 1.54) is 25.7 Å². The highest BCUT2D eigenvalue weighted by molar-refractivity contribution is 5.91. The molecule has 1 fully saturated rings. The SMILES string of the molecule is Cc1cccc(C)c1OCc1ccc(C(=O)NC2CCCCCC2)o1. The van der Waals surface area contributed by atoms with Crippen LogP contribution in [0.1, 0.15) is 66.0 Å². The first-order valence-electron chi connectivity index (χ1n) is 9.22. The predicted molar refractivity (Wildman–Crippen MR) is 97.9 cm³/mol. The standard InChI is InChI=1S/C21H27NO3/c1-15-8-7-9-16(2)20(15)24-14-18-12-13-19(25-18)21(23)22-17-10-5-3-4-6-11-17/h7-9,12-13,17H,3-6,10-11,14H2,1-2H3,(H,22,23). The number of amides is 1. The zero-order valence-electron chi connectivity index (χ0n) is 15.1. The quantitative estimate of drug-likeness (QED) is 0.785. The maximum absolute atomic E-state index is 12.4. The van der Waals surface area contributed by atoms with Gasteiger partial charge in [-0.25, -0.2) is 0 Å². The van der Waals surface area contributed by atoms with Crippen molar-refractivity contribution in [3.05, 3.63) is 53.0 Å². The van der Waals surface area contributed by atoms with Gasteiger partial charge in [0.15, 0.2) is 5.76 Å². The summed E-state index contributed by atoms with van der Waals surface area (Å²) in [6.45, 7) is 4.37. The number of rotatable bonds is 5. The van der Waals surface area contributed by atoms with E-state index in [9.17, 15) is 4.79 Å². The number of nitrogens with one attached hydrogen (secondary N) is 1. The molecule has 1 aromatic carbocycles. The van der Waals surface area contributed by atoms with Crippen LogP contribution >= 0.6 is 0 Å². The van der Waals surface area contributed by atoms with E-state index < -0.39 is 0 Å². The molecule has 1 aliphatic carbocycles. The molecule has 0 unspecified atom stereocenters. The minimum Gasteiger partial charge on any atom is -0.485 e. The molecule has 0 radical (unpaired) electrons. The summed E-state index contributed by atoms with van der Waals surface area (Å²) in [7, 11) is 0. The molecule has 1 aromatic heterocycles. The summed E-state index contributed by atoms with van der Waals surface area (Å²) in [4.78, 5) is 12.4. The Morgan fingerprint density at radius 1 is 1.08 bits per heavy atom. The number of benzene rings is 1. The Kier molecular flexibility index (Phi) is 5.79. The highest BCUT2D eigenvalue weighted by Gasteiger charge is 2.18. The smallest absolute Gasteiger partial charge is 0.287 e. The Morgan fingerprint density at radius 3 is 2.44 bits per heavy atom. The molecule has 0 aliphatic heterocycles. The molecule has 1 saturated carbocycles. The lowest BCUT2D eigenvalue weighted by Crippen LogP contribution is -2.34. The van der Waals surface area contributed by atoms with E-state index in [4.69, 9.17) is 9.15 Å². The van der Waals surface area contributed by atoms with Gasteiger partial charge in [0.25, 0.3) is 5.91 Å². The monoisotopic (exact) mass is 341 g/mol. The molecule has 134 valence electrons. The Balaban J connectivity index is 1.57. The summed E-state index contributed by atoms with van der Waals surface area (Å²) < 4.78 is 11.6. The molecule has 0 bridgehead atoms. The van der Waals surface area contributed by atoms with E-state index in [0.717, 1.165) is 29.7 Å². The van der Waals surface area contributed by atoms with Crippen LogP contribution in [0, 0.1) is 13.8 Å². The summed E-state index contributed by atoms with van der Waals surface area (Å²) in [6, 6.07) is 9.88. The van der Waals surface area contributed by atoms with Crippen molar-refractivity contribution in [1.82, 2.24) is 5.32 Å². The third kappa shape index (κ3) is 4.65. The van der Waals surface area contributed by atoms with Crippen molar-refractivity contribution in [3.8, 4) is 5.75 Å². The highest BCUT2D eigenvalue weighted by Crippen LogP contribution is 2.24. The predicted octanol–water partition coefficient (Wildman–Crippen LogP) is 4.93. The van der Waals surface area contributed by atoms with Crippen molar-refractivity contribution in [1.29, 1.82) is 0 Å². The molecular formula is C21H27NO3. The molecule has 4 nitrogen and oxygen atoms in total. The van der Waals surface area contributed by atoms with Crippen molar-refractivity contribution in [2.24, 2.45) is 0 Å². The first-order chi connectivity index (χ1) is 12.1. The highest BCUT2D eigenvalue weighted by atomic mass is 16.5. The van der Waals surface area contributed by atoms with E-state index >= 15 is 0 Å². The molecule has 3 rings (SSSR count). The molecule has 1 N–H and O–H groups in total. The van der Waals surface area contributed by atoms with Gasteiger partial charge in [0.1, 0.15) is 18.1 Å². The normalized spacial score (nSPS) is 15.6. The van der Waals surface area contributed by atoms with Gasteiger partial charge < -0.3 is 14.5 Å². The lowest BCUT2D eigenvalue weighted by Gasteiger charge is -2.15. The molecule has 0 spiro atoms. The third-order valence-electron chi connectivity index (χ3n) is 4.84. The minimum absolute atomic E-state index is 0.120. The van der Waals surface area contributed by atoms with Crippen molar-refractivity contribution < 1.29 is 13.9 Å². The molecule has 0 saturated heterocycles. The van der Waals surface area contributed by atoms with E-state index in [0.29, 0.717) is 18.1 Å². The van der Waals surface area contributed by atoms with Gasteiger partial charge in [0, 0.05) is 6.04 Å². The van der Waals surface area contributed by atoms with E-state index in [1.54, 1.807) is 6.07 Å². The Labute approximate surface area is 149 Å². The van der Waals surface area contributed by atoms with Crippen LogP contribution in [0.3, 0.4) is 0 Å². The number of carbonyl (C=O) groups excluding carboxylic acids is 1.